The van der Waals surface area contributed by atoms with Crippen molar-refractivity contribution in [3.8, 4) is 5.75 Å². The van der Waals surface area contributed by atoms with E-state index in [1.54, 1.807) is 41.5 Å². The maximum atomic E-state index is 16.3. The molecule has 2 aromatic carbocycles. The lowest BCUT2D eigenvalue weighted by atomic mass is 9.93. The van der Waals surface area contributed by atoms with Gasteiger partial charge in [0.2, 0.25) is 17.7 Å². The van der Waals surface area contributed by atoms with Crippen LogP contribution in [0.15, 0.2) is 42.7 Å². The summed E-state index contributed by atoms with van der Waals surface area (Å²) in [5, 5.41) is 54.5. The number of nitrogens with zero attached hydrogens (tertiary/aromatic N) is 7. The molecule has 20 nitrogen and oxygen atoms in total. The average molecular weight is 893 g/mol. The Balaban J connectivity index is 1.39. The summed E-state index contributed by atoms with van der Waals surface area (Å²) in [5.41, 5.74) is 3.09. The molecule has 0 unspecified atom stereocenters. The van der Waals surface area contributed by atoms with E-state index in [0.29, 0.717) is 57.2 Å². The summed E-state index contributed by atoms with van der Waals surface area (Å²) in [6, 6.07) is 5.28. The minimum atomic E-state index is -1.45. The van der Waals surface area contributed by atoms with E-state index in [-0.39, 0.29) is 58.7 Å². The van der Waals surface area contributed by atoms with Crippen LogP contribution in [-0.4, -0.2) is 87.7 Å². The zero-order chi connectivity index (χ0) is 46.7. The van der Waals surface area contributed by atoms with Crippen LogP contribution in [0.1, 0.15) is 92.9 Å². The summed E-state index contributed by atoms with van der Waals surface area (Å²) in [6.45, 7) is 9.69. The number of carbonyl (C=O) groups excluding carboxylic acids is 1. The van der Waals surface area contributed by atoms with Crippen molar-refractivity contribution in [2.24, 2.45) is 0 Å². The first-order chi connectivity index (χ1) is 30.1. The second-order valence-corrected chi connectivity index (χ2v) is 17.8. The van der Waals surface area contributed by atoms with Gasteiger partial charge in [0.05, 0.1) is 46.1 Å². The van der Waals surface area contributed by atoms with Gasteiger partial charge in [-0.15, -0.1) is 0 Å². The summed E-state index contributed by atoms with van der Waals surface area (Å²) < 4.78 is 37.2. The number of halogens is 2. The lowest BCUT2D eigenvalue weighted by Crippen LogP contribution is -2.48. The first-order valence-electron chi connectivity index (χ1n) is 20.8. The summed E-state index contributed by atoms with van der Waals surface area (Å²) in [4.78, 5) is 58.1. The normalized spacial score (nSPS) is 19.0. The number of carboxylic acid groups (broad SMARTS) is 1. The van der Waals surface area contributed by atoms with Crippen molar-refractivity contribution in [3.63, 3.8) is 0 Å². The molecule has 22 heteroatoms. The van der Waals surface area contributed by atoms with Gasteiger partial charge in [-0.2, -0.15) is 9.97 Å². The molecule has 2 amide bonds. The van der Waals surface area contributed by atoms with Crippen molar-refractivity contribution in [1.29, 1.82) is 0 Å². The van der Waals surface area contributed by atoms with Crippen LogP contribution in [0.3, 0.4) is 0 Å². The molecule has 2 heterocycles. The third kappa shape index (κ3) is 11.1. The molecule has 2 aliphatic carbocycles. The van der Waals surface area contributed by atoms with Gasteiger partial charge in [0, 0.05) is 23.2 Å². The van der Waals surface area contributed by atoms with Crippen molar-refractivity contribution in [1.82, 2.24) is 19.9 Å². The highest BCUT2D eigenvalue weighted by Gasteiger charge is 2.37. The molecule has 2 aromatic heterocycles. The van der Waals surface area contributed by atoms with Crippen molar-refractivity contribution in [2.45, 2.75) is 128 Å². The predicted octanol–water partition coefficient (Wildman–Crippen LogP) is 8.04. The van der Waals surface area contributed by atoms with E-state index < -0.39 is 63.1 Å². The molecule has 2 saturated carbocycles. The van der Waals surface area contributed by atoms with E-state index in [0.717, 1.165) is 40.3 Å². The van der Waals surface area contributed by atoms with Gasteiger partial charge in [0.15, 0.2) is 17.4 Å². The Morgan fingerprint density at radius 1 is 0.797 bits per heavy atom. The first-order valence-corrected chi connectivity index (χ1v) is 20.8. The van der Waals surface area contributed by atoms with Crippen LogP contribution in [0.25, 0.3) is 0 Å². The van der Waals surface area contributed by atoms with E-state index in [1.807, 2.05) is 0 Å². The van der Waals surface area contributed by atoms with Crippen molar-refractivity contribution < 1.29 is 43.3 Å². The van der Waals surface area contributed by atoms with Gasteiger partial charge < -0.3 is 47.1 Å². The number of hydrogen-bond acceptors (Lipinski definition) is 16. The van der Waals surface area contributed by atoms with Crippen molar-refractivity contribution >= 4 is 69.8 Å². The van der Waals surface area contributed by atoms with E-state index in [2.05, 4.69) is 41.2 Å². The summed E-state index contributed by atoms with van der Waals surface area (Å²) >= 11 is 0. The minimum absolute atomic E-state index is 0.00697. The number of nitrogens with two attached hydrogens (primary N) is 1. The Hall–Kier alpha value is -6.68. The molecule has 0 bridgehead atoms. The molecule has 0 spiro atoms. The number of aromatic nitrogens is 4. The van der Waals surface area contributed by atoms with Crippen LogP contribution in [0, 0.1) is 21.7 Å². The molecule has 0 atom stereocenters. The monoisotopic (exact) mass is 892 g/mol. The molecule has 2 aliphatic rings. The number of nitrogen functional groups attached to an aromatic ring is 1. The fourth-order valence-corrected chi connectivity index (χ4v) is 7.68. The van der Waals surface area contributed by atoms with E-state index in [4.69, 9.17) is 10.5 Å². The van der Waals surface area contributed by atoms with Crippen molar-refractivity contribution in [3.05, 3.63) is 64.5 Å². The summed E-state index contributed by atoms with van der Waals surface area (Å²) in [7, 11) is 0. The van der Waals surface area contributed by atoms with E-state index in [9.17, 15) is 35.0 Å². The highest BCUT2D eigenvalue weighted by Crippen LogP contribution is 2.43. The first kappa shape index (κ1) is 46.8. The van der Waals surface area contributed by atoms with E-state index in [1.165, 1.54) is 12.3 Å². The number of nitro groups is 1. The fourth-order valence-electron chi connectivity index (χ4n) is 7.68. The summed E-state index contributed by atoms with van der Waals surface area (Å²) in [6.07, 6.45) is 3.25. The molecule has 9 N–H and O–H groups in total. The van der Waals surface area contributed by atoms with Crippen LogP contribution in [0.4, 0.5) is 76.0 Å². The van der Waals surface area contributed by atoms with Crippen LogP contribution in [0.5, 0.6) is 5.75 Å². The number of aliphatic hydroxyl groups excluding tert-OH is 2. The number of amides is 2. The van der Waals surface area contributed by atoms with Gasteiger partial charge in [-0.25, -0.2) is 28.3 Å². The molecule has 344 valence electrons. The van der Waals surface area contributed by atoms with Gasteiger partial charge in [0.25, 0.3) is 0 Å². The number of ether oxygens (including phenoxy) is 1. The zero-order valence-corrected chi connectivity index (χ0v) is 36.4. The predicted molar refractivity (Wildman–Crippen MR) is 237 cm³/mol. The molecule has 4 aromatic rings. The Morgan fingerprint density at radius 3 is 1.89 bits per heavy atom. The van der Waals surface area contributed by atoms with Gasteiger partial charge in [-0.3, -0.25) is 19.9 Å². The Morgan fingerprint density at radius 2 is 1.33 bits per heavy atom. The van der Waals surface area contributed by atoms with Crippen molar-refractivity contribution in [2.75, 3.05) is 36.8 Å². The highest BCUT2D eigenvalue weighted by atomic mass is 19.1. The lowest BCUT2D eigenvalue weighted by Gasteiger charge is -2.37. The number of nitrogens with one attached hydrogen (secondary N) is 4. The number of rotatable bonds is 12. The van der Waals surface area contributed by atoms with E-state index >= 15 is 8.78 Å². The average Bonchev–Trinajstić information content (AvgIpc) is 3.20. The van der Waals surface area contributed by atoms with Gasteiger partial charge in [-0.05, 0) is 123 Å². The van der Waals surface area contributed by atoms with Crippen LogP contribution < -0.4 is 41.5 Å². The lowest BCUT2D eigenvalue weighted by molar-refractivity contribution is -0.384. The molecule has 6 rings (SSSR count). The number of hydrogen-bond donors (Lipinski definition) is 8. The molecule has 0 saturated heterocycles. The molecular weight excluding hydrogens is 839 g/mol. The van der Waals surface area contributed by atoms with Crippen LogP contribution >= 0.6 is 0 Å². The minimum Gasteiger partial charge on any atom is -0.465 e. The quantitative estimate of drug-likeness (QED) is 0.0493. The summed E-state index contributed by atoms with van der Waals surface area (Å²) in [5.74, 6) is -2.84. The number of carbonyl (C=O) groups is 2. The van der Waals surface area contributed by atoms with Crippen LogP contribution in [0.2, 0.25) is 0 Å². The SMILES string of the molecule is CC(C)(C)N(C(=O)Oc1c(F)ccc(N(C(=O)O)C(C)(C)C)c1Nc1ncc([N+](=O)[O-])c(NC2CCC(O)CC2)n1)c1ccc(F)cc1Nc1ncc(N)c(NC2CCC(O)CC2)n1. The fraction of sp³-hybridized carbons (Fsp3) is 0.476. The van der Waals surface area contributed by atoms with Gasteiger partial charge >= 0.3 is 17.9 Å². The topological polar surface area (TPSA) is 279 Å². The molecule has 0 aliphatic heterocycles. The Kier molecular flexibility index (Phi) is 13.9. The number of anilines is 9. The largest absolute Gasteiger partial charge is 0.465 e. The van der Waals surface area contributed by atoms with Crippen LogP contribution in [-0.2, 0) is 0 Å². The van der Waals surface area contributed by atoms with Gasteiger partial charge in [-0.1, -0.05) is 0 Å². The number of aliphatic hydroxyl groups is 2. The number of benzene rings is 2. The second kappa shape index (κ2) is 19.0. The zero-order valence-electron chi connectivity index (χ0n) is 36.4. The maximum Gasteiger partial charge on any atom is 0.420 e. The smallest absolute Gasteiger partial charge is 0.420 e. The standard InChI is InChI=1S/C42H54F2N12O8/c1-41(2,3)54(39(59)60)31-18-16-27(44)34(33(31)51-38-47-21-32(56(62)63)36(53-38)49-24-10-14-26(58)15-11-24)64-40(61)55(42(4,5)6)30-17-7-22(43)19-29(30)50-37-46-20-28(45)35(52-37)48-23-8-12-25(57)13-9-23/h7,16-21,23-26,57-58H,8-15,45H2,1-6H3,(H,59,60)(H2,46,48,50,52)(H2,47,49,51,53). The molecule has 64 heavy (non-hydrogen) atoms. The third-order valence-corrected chi connectivity index (χ3v) is 10.8. The maximum absolute atomic E-state index is 16.3. The molecule has 2 fully saturated rings. The highest BCUT2D eigenvalue weighted by molar-refractivity contribution is 5.99. The van der Waals surface area contributed by atoms with Gasteiger partial charge in [0.1, 0.15) is 17.7 Å². The Bertz CT molecular complexity index is 2360. The third-order valence-electron chi connectivity index (χ3n) is 10.8. The molecular formula is C42H54F2N12O8. The second-order valence-electron chi connectivity index (χ2n) is 17.8. The molecule has 0 radical (unpaired) electrons. The Labute approximate surface area is 367 Å².